The quantitative estimate of drug-likeness (QED) is 0.496. The summed E-state index contributed by atoms with van der Waals surface area (Å²) in [4.78, 5) is 2.08. The van der Waals surface area contributed by atoms with Gasteiger partial charge in [0.15, 0.2) is 0 Å². The normalized spacial score (nSPS) is 31.5. The van der Waals surface area contributed by atoms with Gasteiger partial charge >= 0.3 is 0 Å². The molecule has 0 aromatic rings. The van der Waals surface area contributed by atoms with Crippen LogP contribution in [0.3, 0.4) is 0 Å². The summed E-state index contributed by atoms with van der Waals surface area (Å²) in [6, 6.07) is 0.231. The van der Waals surface area contributed by atoms with Gasteiger partial charge in [-0.15, -0.1) is 0 Å². The Labute approximate surface area is 49.5 Å². The van der Waals surface area contributed by atoms with E-state index in [1.807, 2.05) is 7.05 Å². The summed E-state index contributed by atoms with van der Waals surface area (Å²) in [5.74, 6) is 0. The molecular formula is C6H12FN. The van der Waals surface area contributed by atoms with Crippen molar-refractivity contribution in [3.63, 3.8) is 0 Å². The van der Waals surface area contributed by atoms with Crippen molar-refractivity contribution < 1.29 is 4.39 Å². The third-order valence-corrected chi connectivity index (χ3v) is 1.85. The second-order valence-corrected chi connectivity index (χ2v) is 2.43. The Hall–Kier alpha value is -0.110. The van der Waals surface area contributed by atoms with Gasteiger partial charge in [-0.3, -0.25) is 0 Å². The number of rotatable bonds is 1. The summed E-state index contributed by atoms with van der Waals surface area (Å²) >= 11 is 0. The molecule has 0 aromatic carbocycles. The first-order chi connectivity index (χ1) is 3.84. The first-order valence-electron chi connectivity index (χ1n) is 3.11. The Kier molecular flexibility index (Phi) is 1.84. The number of alkyl halides is 1. The van der Waals surface area contributed by atoms with Crippen molar-refractivity contribution in [2.24, 2.45) is 0 Å². The van der Waals surface area contributed by atoms with E-state index in [1.165, 1.54) is 6.42 Å². The van der Waals surface area contributed by atoms with E-state index >= 15 is 0 Å². The van der Waals surface area contributed by atoms with Gasteiger partial charge in [0.1, 0.15) is 6.67 Å². The van der Waals surface area contributed by atoms with Gasteiger partial charge < -0.3 is 4.90 Å². The SMILES string of the molecule is CN1CCCC1CF. The average Bonchev–Trinajstić information content (AvgIpc) is 2.14. The maximum atomic E-state index is 11.9. The minimum absolute atomic E-state index is 0.170. The van der Waals surface area contributed by atoms with Crippen LogP contribution in [0.4, 0.5) is 4.39 Å². The molecule has 48 valence electrons. The van der Waals surface area contributed by atoms with Crippen LogP contribution in [-0.4, -0.2) is 31.2 Å². The van der Waals surface area contributed by atoms with Crippen LogP contribution in [0, 0.1) is 0 Å². The van der Waals surface area contributed by atoms with Crippen molar-refractivity contribution in [1.82, 2.24) is 4.90 Å². The molecule has 1 unspecified atom stereocenters. The van der Waals surface area contributed by atoms with Gasteiger partial charge in [0, 0.05) is 6.04 Å². The van der Waals surface area contributed by atoms with Crippen molar-refractivity contribution in [1.29, 1.82) is 0 Å². The third kappa shape index (κ3) is 0.996. The summed E-state index contributed by atoms with van der Waals surface area (Å²) in [6.45, 7) is 0.908. The van der Waals surface area contributed by atoms with E-state index in [1.54, 1.807) is 0 Å². The molecule has 8 heavy (non-hydrogen) atoms. The summed E-state index contributed by atoms with van der Waals surface area (Å²) in [6.07, 6.45) is 2.22. The van der Waals surface area contributed by atoms with E-state index < -0.39 is 0 Å². The maximum absolute atomic E-state index is 11.9. The van der Waals surface area contributed by atoms with E-state index in [4.69, 9.17) is 0 Å². The van der Waals surface area contributed by atoms with Crippen LogP contribution in [0.2, 0.25) is 0 Å². The highest BCUT2D eigenvalue weighted by atomic mass is 19.1. The predicted molar refractivity (Wildman–Crippen MR) is 31.6 cm³/mol. The summed E-state index contributed by atoms with van der Waals surface area (Å²) in [7, 11) is 1.98. The zero-order valence-electron chi connectivity index (χ0n) is 5.23. The molecule has 1 atom stereocenters. The standard InChI is InChI=1S/C6H12FN/c1-8-4-2-3-6(8)5-7/h6H,2-5H2,1H3. The fourth-order valence-corrected chi connectivity index (χ4v) is 1.17. The average molecular weight is 117 g/mol. The number of halogens is 1. The van der Waals surface area contributed by atoms with Crippen LogP contribution < -0.4 is 0 Å². The molecule has 1 rings (SSSR count). The lowest BCUT2D eigenvalue weighted by Gasteiger charge is -2.14. The van der Waals surface area contributed by atoms with Crippen molar-refractivity contribution in [2.45, 2.75) is 18.9 Å². The molecule has 2 heteroatoms. The highest BCUT2D eigenvalue weighted by Gasteiger charge is 2.19. The van der Waals surface area contributed by atoms with Crippen molar-refractivity contribution in [2.75, 3.05) is 20.3 Å². The fraction of sp³-hybridized carbons (Fsp3) is 1.00. The zero-order valence-corrected chi connectivity index (χ0v) is 5.23. The molecule has 1 aliphatic heterocycles. The smallest absolute Gasteiger partial charge is 0.105 e. The van der Waals surface area contributed by atoms with E-state index in [-0.39, 0.29) is 12.7 Å². The minimum atomic E-state index is -0.170. The first-order valence-corrected chi connectivity index (χ1v) is 3.11. The van der Waals surface area contributed by atoms with Crippen LogP contribution >= 0.6 is 0 Å². The van der Waals surface area contributed by atoms with Crippen LogP contribution in [0.25, 0.3) is 0 Å². The van der Waals surface area contributed by atoms with Gasteiger partial charge in [-0.2, -0.15) is 0 Å². The monoisotopic (exact) mass is 117 g/mol. The molecule has 0 N–H and O–H groups in total. The Balaban J connectivity index is 2.30. The van der Waals surface area contributed by atoms with E-state index in [9.17, 15) is 4.39 Å². The van der Waals surface area contributed by atoms with Gasteiger partial charge in [-0.1, -0.05) is 0 Å². The van der Waals surface area contributed by atoms with Crippen molar-refractivity contribution in [3.05, 3.63) is 0 Å². The highest BCUT2D eigenvalue weighted by molar-refractivity contribution is 4.74. The van der Waals surface area contributed by atoms with Gasteiger partial charge in [-0.05, 0) is 26.4 Å². The lowest BCUT2D eigenvalue weighted by molar-refractivity contribution is 0.255. The van der Waals surface area contributed by atoms with Crippen LogP contribution in [0.5, 0.6) is 0 Å². The maximum Gasteiger partial charge on any atom is 0.105 e. The highest BCUT2D eigenvalue weighted by Crippen LogP contribution is 2.14. The van der Waals surface area contributed by atoms with Crippen LogP contribution in [0.15, 0.2) is 0 Å². The molecule has 0 radical (unpaired) electrons. The second-order valence-electron chi connectivity index (χ2n) is 2.43. The molecule has 1 aliphatic rings. The lowest BCUT2D eigenvalue weighted by Crippen LogP contribution is -2.26. The summed E-state index contributed by atoms with van der Waals surface area (Å²) in [5.41, 5.74) is 0. The molecular weight excluding hydrogens is 105 g/mol. The molecule has 0 amide bonds. The Morgan fingerprint density at radius 2 is 2.50 bits per heavy atom. The molecule has 0 saturated carbocycles. The summed E-state index contributed by atoms with van der Waals surface area (Å²) in [5, 5.41) is 0. The molecule has 1 saturated heterocycles. The Bertz CT molecular complexity index is 74.9. The molecule has 1 nitrogen and oxygen atoms in total. The first kappa shape index (κ1) is 6.02. The molecule has 0 aliphatic carbocycles. The van der Waals surface area contributed by atoms with Gasteiger partial charge in [0.2, 0.25) is 0 Å². The van der Waals surface area contributed by atoms with Crippen molar-refractivity contribution in [3.8, 4) is 0 Å². The lowest BCUT2D eigenvalue weighted by atomic mass is 10.2. The molecule has 1 heterocycles. The third-order valence-electron chi connectivity index (χ3n) is 1.85. The molecule has 1 fully saturated rings. The van der Waals surface area contributed by atoms with Gasteiger partial charge in [0.05, 0.1) is 0 Å². The Morgan fingerprint density at radius 1 is 1.75 bits per heavy atom. The molecule has 0 spiro atoms. The fourth-order valence-electron chi connectivity index (χ4n) is 1.17. The molecule has 0 bridgehead atoms. The largest absolute Gasteiger partial charge is 0.301 e. The van der Waals surface area contributed by atoms with Crippen LogP contribution in [0.1, 0.15) is 12.8 Å². The predicted octanol–water partition coefficient (Wildman–Crippen LogP) is 1.05. The second kappa shape index (κ2) is 2.44. The minimum Gasteiger partial charge on any atom is -0.301 e. The van der Waals surface area contributed by atoms with Crippen LogP contribution in [-0.2, 0) is 0 Å². The molecule has 0 aromatic heterocycles. The number of hydrogen-bond donors (Lipinski definition) is 0. The Morgan fingerprint density at radius 3 is 2.75 bits per heavy atom. The number of hydrogen-bond acceptors (Lipinski definition) is 1. The van der Waals surface area contributed by atoms with Gasteiger partial charge in [0.25, 0.3) is 0 Å². The van der Waals surface area contributed by atoms with E-state index in [2.05, 4.69) is 4.90 Å². The van der Waals surface area contributed by atoms with Crippen molar-refractivity contribution >= 4 is 0 Å². The van der Waals surface area contributed by atoms with E-state index in [0.717, 1.165) is 13.0 Å². The zero-order chi connectivity index (χ0) is 5.98. The summed E-state index contributed by atoms with van der Waals surface area (Å²) < 4.78 is 11.9. The number of likely N-dealkylation sites (tertiary alicyclic amines) is 1. The van der Waals surface area contributed by atoms with Gasteiger partial charge in [-0.25, -0.2) is 4.39 Å². The van der Waals surface area contributed by atoms with E-state index in [0.29, 0.717) is 0 Å². The number of nitrogens with zero attached hydrogens (tertiary/aromatic N) is 1. The topological polar surface area (TPSA) is 3.24 Å².